The highest BCUT2D eigenvalue weighted by Crippen LogP contribution is 2.25. The Balaban J connectivity index is 2.12. The summed E-state index contributed by atoms with van der Waals surface area (Å²) in [5.74, 6) is -1.37. The molecule has 0 aliphatic heterocycles. The van der Waals surface area contributed by atoms with E-state index in [2.05, 4.69) is 5.32 Å². The Bertz CT molecular complexity index is 666. The quantitative estimate of drug-likeness (QED) is 0.843. The number of carbonyl (C=O) groups is 2. The van der Waals surface area contributed by atoms with Gasteiger partial charge in [-0.1, -0.05) is 0 Å². The van der Waals surface area contributed by atoms with Crippen molar-refractivity contribution in [3.63, 3.8) is 0 Å². The fraction of sp³-hybridized carbons (Fsp3) is 0.286. The number of carboxylic acids is 1. The molecule has 0 radical (unpaired) electrons. The van der Waals surface area contributed by atoms with Crippen molar-refractivity contribution in [3.8, 4) is 5.75 Å². The van der Waals surface area contributed by atoms with Crippen LogP contribution in [0.4, 0.5) is 4.39 Å². The van der Waals surface area contributed by atoms with Crippen LogP contribution in [0.5, 0.6) is 5.75 Å². The number of fused-ring (bicyclic) bond motifs is 1. The Kier molecular flexibility index (Phi) is 4.42. The van der Waals surface area contributed by atoms with Crippen LogP contribution in [-0.2, 0) is 16.0 Å². The summed E-state index contributed by atoms with van der Waals surface area (Å²) in [5, 5.41) is 11.5. The molecule has 0 spiro atoms. The van der Waals surface area contributed by atoms with Gasteiger partial charge in [-0.2, -0.15) is 0 Å². The summed E-state index contributed by atoms with van der Waals surface area (Å²) in [6.07, 6.45) is 1.32. The summed E-state index contributed by atoms with van der Waals surface area (Å²) < 4.78 is 22.8. The van der Waals surface area contributed by atoms with Gasteiger partial charge < -0.3 is 19.6 Å². The van der Waals surface area contributed by atoms with Gasteiger partial charge in [0, 0.05) is 17.0 Å². The number of rotatable bonds is 6. The van der Waals surface area contributed by atoms with Crippen LogP contribution >= 0.6 is 0 Å². The number of furan rings is 1. The number of alkyl halides is 1. The molecule has 1 heterocycles. The summed E-state index contributed by atoms with van der Waals surface area (Å²) in [4.78, 5) is 22.4. The number of amides is 1. The van der Waals surface area contributed by atoms with Crippen LogP contribution in [0.1, 0.15) is 5.56 Å². The number of carbonyl (C=O) groups excluding carboxylic acids is 1. The minimum Gasteiger partial charge on any atom is -0.497 e. The van der Waals surface area contributed by atoms with E-state index in [0.29, 0.717) is 16.9 Å². The van der Waals surface area contributed by atoms with Crippen LogP contribution in [-0.4, -0.2) is 36.8 Å². The second-order valence-electron chi connectivity index (χ2n) is 4.41. The average Bonchev–Trinajstić information content (AvgIpc) is 2.86. The third-order valence-electron chi connectivity index (χ3n) is 3.00. The van der Waals surface area contributed by atoms with Crippen LogP contribution in [0.3, 0.4) is 0 Å². The minimum atomic E-state index is -1.53. The Morgan fingerprint density at radius 1 is 1.48 bits per heavy atom. The maximum Gasteiger partial charge on any atom is 0.328 e. The molecule has 7 heteroatoms. The fourth-order valence-electron chi connectivity index (χ4n) is 1.91. The van der Waals surface area contributed by atoms with Crippen molar-refractivity contribution in [2.45, 2.75) is 12.5 Å². The van der Waals surface area contributed by atoms with Gasteiger partial charge in [-0.15, -0.1) is 0 Å². The number of aliphatic carboxylic acids is 1. The van der Waals surface area contributed by atoms with Gasteiger partial charge in [-0.3, -0.25) is 4.79 Å². The van der Waals surface area contributed by atoms with Crippen LogP contribution in [0.25, 0.3) is 11.0 Å². The molecule has 0 saturated heterocycles. The van der Waals surface area contributed by atoms with Gasteiger partial charge >= 0.3 is 5.97 Å². The number of carboxylic acid groups (broad SMARTS) is 1. The normalized spacial score (nSPS) is 12.1. The van der Waals surface area contributed by atoms with Crippen molar-refractivity contribution in [2.24, 2.45) is 0 Å². The number of benzene rings is 1. The summed E-state index contributed by atoms with van der Waals surface area (Å²) in [7, 11) is 1.53. The molecule has 2 rings (SSSR count). The average molecular weight is 295 g/mol. The van der Waals surface area contributed by atoms with Gasteiger partial charge in [-0.25, -0.2) is 9.18 Å². The van der Waals surface area contributed by atoms with Crippen molar-refractivity contribution < 1.29 is 28.2 Å². The topological polar surface area (TPSA) is 88.8 Å². The molecule has 1 aromatic carbocycles. The SMILES string of the molecule is COc1ccc2c(CC(=O)NC(CF)C(=O)O)coc2c1. The van der Waals surface area contributed by atoms with Crippen LogP contribution < -0.4 is 10.1 Å². The van der Waals surface area contributed by atoms with Crippen LogP contribution in [0.15, 0.2) is 28.9 Å². The molecule has 1 amide bonds. The zero-order valence-corrected chi connectivity index (χ0v) is 11.3. The number of methoxy groups -OCH3 is 1. The van der Waals surface area contributed by atoms with E-state index in [1.165, 1.54) is 13.4 Å². The predicted molar refractivity (Wildman–Crippen MR) is 72.0 cm³/mol. The van der Waals surface area contributed by atoms with Gasteiger partial charge in [-0.05, 0) is 12.1 Å². The van der Waals surface area contributed by atoms with E-state index in [0.717, 1.165) is 5.39 Å². The molecule has 2 aromatic rings. The monoisotopic (exact) mass is 295 g/mol. The molecule has 0 saturated carbocycles. The predicted octanol–water partition coefficient (Wildman–Crippen LogP) is 1.52. The van der Waals surface area contributed by atoms with E-state index in [1.807, 2.05) is 0 Å². The maximum absolute atomic E-state index is 12.5. The third kappa shape index (κ3) is 3.31. The van der Waals surface area contributed by atoms with Crippen LogP contribution in [0, 0.1) is 0 Å². The standard InChI is InChI=1S/C14H14FNO5/c1-20-9-2-3-10-8(7-21-12(10)5-9)4-13(17)16-11(6-15)14(18)19/h2-3,5,7,11H,4,6H2,1H3,(H,16,17)(H,18,19). The van der Waals surface area contributed by atoms with E-state index < -0.39 is 24.6 Å². The van der Waals surface area contributed by atoms with Gasteiger partial charge in [0.2, 0.25) is 5.91 Å². The second kappa shape index (κ2) is 6.25. The lowest BCUT2D eigenvalue weighted by Gasteiger charge is -2.10. The number of hydrogen-bond donors (Lipinski definition) is 2. The molecule has 1 aromatic heterocycles. The highest BCUT2D eigenvalue weighted by atomic mass is 19.1. The van der Waals surface area contributed by atoms with Gasteiger partial charge in [0.25, 0.3) is 0 Å². The Morgan fingerprint density at radius 3 is 2.86 bits per heavy atom. The first kappa shape index (κ1) is 14.8. The molecule has 112 valence electrons. The van der Waals surface area contributed by atoms with Crippen LogP contribution in [0.2, 0.25) is 0 Å². The zero-order valence-electron chi connectivity index (χ0n) is 11.3. The molecule has 6 nitrogen and oxygen atoms in total. The Labute approximate surface area is 119 Å². The lowest BCUT2D eigenvalue weighted by molar-refractivity contribution is -0.142. The molecule has 0 bridgehead atoms. The van der Waals surface area contributed by atoms with E-state index in [-0.39, 0.29) is 6.42 Å². The van der Waals surface area contributed by atoms with Gasteiger partial charge in [0.15, 0.2) is 6.04 Å². The molecule has 0 aliphatic rings. The fourth-order valence-corrected chi connectivity index (χ4v) is 1.91. The molecule has 0 fully saturated rings. The van der Waals surface area contributed by atoms with Crippen molar-refractivity contribution in [3.05, 3.63) is 30.0 Å². The first-order valence-electron chi connectivity index (χ1n) is 6.17. The third-order valence-corrected chi connectivity index (χ3v) is 3.00. The van der Waals surface area contributed by atoms with E-state index in [4.69, 9.17) is 14.3 Å². The van der Waals surface area contributed by atoms with E-state index in [9.17, 15) is 14.0 Å². The Hall–Kier alpha value is -2.57. The van der Waals surface area contributed by atoms with Gasteiger partial charge in [0.1, 0.15) is 18.0 Å². The lowest BCUT2D eigenvalue weighted by Crippen LogP contribution is -2.42. The smallest absolute Gasteiger partial charge is 0.328 e. The number of halogens is 1. The van der Waals surface area contributed by atoms with Gasteiger partial charge in [0.05, 0.1) is 19.8 Å². The second-order valence-corrected chi connectivity index (χ2v) is 4.41. The number of hydrogen-bond acceptors (Lipinski definition) is 4. The lowest BCUT2D eigenvalue weighted by atomic mass is 10.1. The largest absolute Gasteiger partial charge is 0.497 e. The molecule has 1 atom stereocenters. The highest BCUT2D eigenvalue weighted by Gasteiger charge is 2.20. The summed E-state index contributed by atoms with van der Waals surface area (Å²) in [5.41, 5.74) is 1.14. The van der Waals surface area contributed by atoms with Crippen molar-refractivity contribution in [1.29, 1.82) is 0 Å². The molecule has 2 N–H and O–H groups in total. The van der Waals surface area contributed by atoms with Crippen molar-refractivity contribution in [1.82, 2.24) is 5.32 Å². The zero-order chi connectivity index (χ0) is 15.4. The summed E-state index contributed by atoms with van der Waals surface area (Å²) >= 11 is 0. The molecule has 21 heavy (non-hydrogen) atoms. The van der Waals surface area contributed by atoms with Crippen molar-refractivity contribution in [2.75, 3.05) is 13.8 Å². The summed E-state index contributed by atoms with van der Waals surface area (Å²) in [6, 6.07) is 3.61. The van der Waals surface area contributed by atoms with Crippen molar-refractivity contribution >= 4 is 22.8 Å². The number of nitrogens with one attached hydrogen (secondary N) is 1. The molecule has 0 aliphatic carbocycles. The Morgan fingerprint density at radius 2 is 2.24 bits per heavy atom. The van der Waals surface area contributed by atoms with E-state index >= 15 is 0 Å². The molecule has 1 unspecified atom stereocenters. The minimum absolute atomic E-state index is 0.0941. The maximum atomic E-state index is 12.5. The van der Waals surface area contributed by atoms with E-state index in [1.54, 1.807) is 18.2 Å². The first-order chi connectivity index (χ1) is 10.0. The number of ether oxygens (including phenoxy) is 1. The first-order valence-corrected chi connectivity index (χ1v) is 6.17. The summed E-state index contributed by atoms with van der Waals surface area (Å²) in [6.45, 7) is -1.16. The highest BCUT2D eigenvalue weighted by molar-refractivity contribution is 5.90. The molecular weight excluding hydrogens is 281 g/mol. The molecular formula is C14H14FNO5.